The highest BCUT2D eigenvalue weighted by Crippen LogP contribution is 2.57. The van der Waals surface area contributed by atoms with Crippen LogP contribution in [0, 0.1) is 35.5 Å². The Kier molecular flexibility index (Phi) is 2.92. The third-order valence-corrected chi connectivity index (χ3v) is 6.56. The van der Waals surface area contributed by atoms with Gasteiger partial charge >= 0.3 is 0 Å². The van der Waals surface area contributed by atoms with E-state index < -0.39 is 0 Å². The van der Waals surface area contributed by atoms with Gasteiger partial charge in [0.25, 0.3) is 0 Å². The number of rotatable bonds is 5. The average Bonchev–Trinajstić information content (AvgIpc) is 3.15. The third kappa shape index (κ3) is 2.02. The summed E-state index contributed by atoms with van der Waals surface area (Å²) in [5.74, 6) is 12.1. The molecule has 0 aromatic heterocycles. The molecule has 0 heterocycles. The van der Waals surface area contributed by atoms with Crippen molar-refractivity contribution in [3.63, 3.8) is 0 Å². The molecule has 0 saturated heterocycles. The predicted octanol–water partition coefficient (Wildman–Crippen LogP) is 3.08. The molecule has 1 atom stereocenters. The highest BCUT2D eigenvalue weighted by Gasteiger charge is 2.50. The van der Waals surface area contributed by atoms with Gasteiger partial charge in [0, 0.05) is 6.04 Å². The van der Waals surface area contributed by atoms with Gasteiger partial charge in [-0.2, -0.15) is 0 Å². The van der Waals surface area contributed by atoms with Crippen LogP contribution in [0.4, 0.5) is 0 Å². The molecule has 0 spiro atoms. The van der Waals surface area contributed by atoms with Gasteiger partial charge in [-0.05, 0) is 80.5 Å². The molecule has 5 fully saturated rings. The van der Waals surface area contributed by atoms with E-state index >= 15 is 0 Å². The lowest BCUT2D eigenvalue weighted by Crippen LogP contribution is -2.54. The molecule has 18 heavy (non-hydrogen) atoms. The Balaban J connectivity index is 1.45. The normalized spacial score (nSPS) is 47.5. The van der Waals surface area contributed by atoms with E-state index in [-0.39, 0.29) is 0 Å². The smallest absolute Gasteiger partial charge is 0.0244 e. The molecular weight excluding hydrogens is 220 g/mol. The zero-order chi connectivity index (χ0) is 12.1. The Morgan fingerprint density at radius 1 is 0.944 bits per heavy atom. The van der Waals surface area contributed by atoms with Crippen molar-refractivity contribution < 1.29 is 0 Å². The van der Waals surface area contributed by atoms with Crippen molar-refractivity contribution in [1.29, 1.82) is 0 Å². The molecule has 0 aromatic rings. The standard InChI is InChI=1S/C16H28N2/c17-18-15(4-3-10-1-2-10)16-13-6-11-5-12(8-13)9-14(16)7-11/h10-16,18H,1-9,17H2. The minimum absolute atomic E-state index is 0.626. The van der Waals surface area contributed by atoms with Crippen LogP contribution in [0.25, 0.3) is 0 Å². The number of hydrazine groups is 1. The van der Waals surface area contributed by atoms with Crippen LogP contribution >= 0.6 is 0 Å². The Labute approximate surface area is 111 Å². The molecular formula is C16H28N2. The van der Waals surface area contributed by atoms with E-state index in [2.05, 4.69) is 5.43 Å². The van der Waals surface area contributed by atoms with E-state index in [4.69, 9.17) is 5.84 Å². The van der Waals surface area contributed by atoms with Crippen LogP contribution in [0.2, 0.25) is 0 Å². The zero-order valence-electron chi connectivity index (χ0n) is 11.5. The van der Waals surface area contributed by atoms with Crippen LogP contribution in [0.5, 0.6) is 0 Å². The fourth-order valence-corrected chi connectivity index (χ4v) is 5.83. The van der Waals surface area contributed by atoms with Crippen molar-refractivity contribution in [1.82, 2.24) is 5.43 Å². The minimum Gasteiger partial charge on any atom is -0.271 e. The molecule has 0 aliphatic heterocycles. The average molecular weight is 248 g/mol. The molecule has 5 aliphatic carbocycles. The summed E-state index contributed by atoms with van der Waals surface area (Å²) in [6.07, 6.45) is 13.4. The van der Waals surface area contributed by atoms with Crippen LogP contribution < -0.4 is 11.3 Å². The maximum atomic E-state index is 5.91. The van der Waals surface area contributed by atoms with E-state index in [1.807, 2.05) is 0 Å². The summed E-state index contributed by atoms with van der Waals surface area (Å²) >= 11 is 0. The zero-order valence-corrected chi connectivity index (χ0v) is 11.5. The van der Waals surface area contributed by atoms with Crippen molar-refractivity contribution in [2.24, 2.45) is 41.4 Å². The van der Waals surface area contributed by atoms with Crippen LogP contribution in [0.15, 0.2) is 0 Å². The van der Waals surface area contributed by atoms with E-state index in [1.165, 1.54) is 51.4 Å². The van der Waals surface area contributed by atoms with Gasteiger partial charge in [0.15, 0.2) is 0 Å². The largest absolute Gasteiger partial charge is 0.271 e. The van der Waals surface area contributed by atoms with Crippen molar-refractivity contribution in [2.45, 2.75) is 63.8 Å². The molecule has 0 aromatic carbocycles. The molecule has 4 bridgehead atoms. The van der Waals surface area contributed by atoms with Gasteiger partial charge in [-0.1, -0.05) is 12.8 Å². The molecule has 5 saturated carbocycles. The Morgan fingerprint density at radius 2 is 1.56 bits per heavy atom. The van der Waals surface area contributed by atoms with Gasteiger partial charge in [0.2, 0.25) is 0 Å². The fourth-order valence-electron chi connectivity index (χ4n) is 5.83. The monoisotopic (exact) mass is 248 g/mol. The summed E-state index contributed by atoms with van der Waals surface area (Å²) in [5.41, 5.74) is 3.21. The lowest BCUT2D eigenvalue weighted by atomic mass is 9.50. The first kappa shape index (κ1) is 11.7. The van der Waals surface area contributed by atoms with Crippen LogP contribution in [0.1, 0.15) is 57.8 Å². The molecule has 5 rings (SSSR count). The summed E-state index contributed by atoms with van der Waals surface area (Å²) in [4.78, 5) is 0. The van der Waals surface area contributed by atoms with Gasteiger partial charge in [-0.25, -0.2) is 0 Å². The molecule has 0 radical (unpaired) electrons. The summed E-state index contributed by atoms with van der Waals surface area (Å²) in [7, 11) is 0. The van der Waals surface area contributed by atoms with Gasteiger partial charge < -0.3 is 0 Å². The minimum atomic E-state index is 0.626. The number of hydrogen-bond acceptors (Lipinski definition) is 2. The molecule has 3 N–H and O–H groups in total. The Morgan fingerprint density at radius 3 is 2.06 bits per heavy atom. The molecule has 1 unspecified atom stereocenters. The molecule has 5 aliphatic rings. The Bertz CT molecular complexity index is 282. The predicted molar refractivity (Wildman–Crippen MR) is 73.6 cm³/mol. The second-order valence-electron chi connectivity index (χ2n) is 7.80. The second-order valence-corrected chi connectivity index (χ2v) is 7.80. The summed E-state index contributed by atoms with van der Waals surface area (Å²) in [5, 5.41) is 0. The van der Waals surface area contributed by atoms with Gasteiger partial charge in [-0.15, -0.1) is 0 Å². The van der Waals surface area contributed by atoms with Crippen molar-refractivity contribution in [3.8, 4) is 0 Å². The number of nitrogens with two attached hydrogens (primary N) is 1. The van der Waals surface area contributed by atoms with Crippen LogP contribution in [0.3, 0.4) is 0 Å². The summed E-state index contributed by atoms with van der Waals surface area (Å²) in [6, 6.07) is 0.626. The third-order valence-electron chi connectivity index (χ3n) is 6.56. The SMILES string of the molecule is NNC(CCC1CC1)C1C2CC3CC(C2)CC1C3. The van der Waals surface area contributed by atoms with Gasteiger partial charge in [0.05, 0.1) is 0 Å². The quantitative estimate of drug-likeness (QED) is 0.579. The lowest BCUT2D eigenvalue weighted by molar-refractivity contribution is -0.0533. The first-order valence-corrected chi connectivity index (χ1v) is 8.29. The van der Waals surface area contributed by atoms with Gasteiger partial charge in [0.1, 0.15) is 0 Å². The first-order valence-electron chi connectivity index (χ1n) is 8.29. The highest BCUT2D eigenvalue weighted by atomic mass is 15.2. The van der Waals surface area contributed by atoms with Crippen molar-refractivity contribution in [3.05, 3.63) is 0 Å². The topological polar surface area (TPSA) is 38.0 Å². The maximum Gasteiger partial charge on any atom is 0.0244 e. The second kappa shape index (κ2) is 4.49. The number of hydrogen-bond donors (Lipinski definition) is 2. The van der Waals surface area contributed by atoms with Crippen molar-refractivity contribution in [2.75, 3.05) is 0 Å². The van der Waals surface area contributed by atoms with Gasteiger partial charge in [-0.3, -0.25) is 11.3 Å². The maximum absolute atomic E-state index is 5.91. The lowest BCUT2D eigenvalue weighted by Gasteiger charge is -2.56. The van der Waals surface area contributed by atoms with E-state index in [9.17, 15) is 0 Å². The Hall–Kier alpha value is -0.0800. The fraction of sp³-hybridized carbons (Fsp3) is 1.00. The molecule has 102 valence electrons. The van der Waals surface area contributed by atoms with Crippen LogP contribution in [-0.4, -0.2) is 6.04 Å². The molecule has 2 nitrogen and oxygen atoms in total. The summed E-state index contributed by atoms with van der Waals surface area (Å²) < 4.78 is 0. The van der Waals surface area contributed by atoms with E-state index in [0.717, 1.165) is 35.5 Å². The van der Waals surface area contributed by atoms with E-state index in [1.54, 1.807) is 6.42 Å². The van der Waals surface area contributed by atoms with Crippen molar-refractivity contribution >= 4 is 0 Å². The highest BCUT2D eigenvalue weighted by molar-refractivity contribution is 5.01. The molecule has 0 amide bonds. The first-order chi connectivity index (χ1) is 8.83. The number of nitrogens with one attached hydrogen (secondary N) is 1. The van der Waals surface area contributed by atoms with E-state index in [0.29, 0.717) is 6.04 Å². The van der Waals surface area contributed by atoms with Crippen LogP contribution in [-0.2, 0) is 0 Å². The molecule has 2 heteroatoms. The summed E-state index contributed by atoms with van der Waals surface area (Å²) in [6.45, 7) is 0.